The number of nitrogens with one attached hydrogen (secondary N) is 1. The van der Waals surface area contributed by atoms with Crippen LogP contribution in [-0.4, -0.2) is 68.4 Å². The summed E-state index contributed by atoms with van der Waals surface area (Å²) >= 11 is 0. The van der Waals surface area contributed by atoms with E-state index in [9.17, 15) is 8.42 Å². The molecule has 0 amide bonds. The Bertz CT molecular complexity index is 550. The van der Waals surface area contributed by atoms with E-state index in [-0.39, 0.29) is 4.90 Å². The fraction of sp³-hybridized carbons (Fsp3) is 0.692. The Morgan fingerprint density at radius 2 is 1.86 bits per heavy atom. The average Bonchev–Trinajstić information content (AvgIpc) is 2.47. The largest absolute Gasteiger partial charge is 0.357 e. The monoisotopic (exact) mass is 313 g/mol. The molecule has 0 aliphatic carbocycles. The third kappa shape index (κ3) is 3.90. The number of hydrogen-bond acceptors (Lipinski definition) is 6. The van der Waals surface area contributed by atoms with Gasteiger partial charge in [0.2, 0.25) is 16.0 Å². The van der Waals surface area contributed by atoms with Crippen LogP contribution in [0.1, 0.15) is 12.8 Å². The van der Waals surface area contributed by atoms with Crippen molar-refractivity contribution < 1.29 is 8.42 Å². The number of hydrogen-bond donors (Lipinski definition) is 1. The van der Waals surface area contributed by atoms with E-state index < -0.39 is 10.0 Å². The van der Waals surface area contributed by atoms with Crippen molar-refractivity contribution in [1.82, 2.24) is 19.2 Å². The molecular weight excluding hydrogens is 290 g/mol. The summed E-state index contributed by atoms with van der Waals surface area (Å²) in [6.45, 7) is 2.14. The van der Waals surface area contributed by atoms with Gasteiger partial charge >= 0.3 is 0 Å². The minimum absolute atomic E-state index is 0.160. The number of piperidine rings is 1. The molecule has 1 aliphatic heterocycles. The first-order valence-corrected chi connectivity index (χ1v) is 8.52. The Balaban J connectivity index is 2.03. The molecule has 1 aromatic heterocycles. The van der Waals surface area contributed by atoms with Crippen molar-refractivity contribution in [2.75, 3.05) is 46.1 Å². The van der Waals surface area contributed by atoms with Gasteiger partial charge in [0.05, 0.1) is 12.4 Å². The second kappa shape index (κ2) is 6.67. The maximum absolute atomic E-state index is 12.5. The lowest BCUT2D eigenvalue weighted by atomic mass is 9.98. The van der Waals surface area contributed by atoms with Gasteiger partial charge in [-0.1, -0.05) is 0 Å². The van der Waals surface area contributed by atoms with Gasteiger partial charge in [0.1, 0.15) is 4.90 Å². The normalized spacial score (nSPS) is 18.1. The second-order valence-corrected chi connectivity index (χ2v) is 7.54. The first-order chi connectivity index (χ1) is 9.93. The summed E-state index contributed by atoms with van der Waals surface area (Å²) in [5.74, 6) is 0.980. The lowest BCUT2D eigenvalue weighted by Crippen LogP contribution is -2.40. The minimum atomic E-state index is -3.47. The molecule has 0 unspecified atom stereocenters. The summed E-state index contributed by atoms with van der Waals surface area (Å²) < 4.78 is 26.6. The van der Waals surface area contributed by atoms with Crippen molar-refractivity contribution in [3.05, 3.63) is 12.4 Å². The van der Waals surface area contributed by atoms with Crippen LogP contribution in [0, 0.1) is 5.92 Å². The van der Waals surface area contributed by atoms with Crippen molar-refractivity contribution in [3.8, 4) is 0 Å². The van der Waals surface area contributed by atoms with E-state index in [4.69, 9.17) is 0 Å². The van der Waals surface area contributed by atoms with Gasteiger partial charge in [0, 0.05) is 26.7 Å². The van der Waals surface area contributed by atoms with Gasteiger partial charge in [-0.25, -0.2) is 18.4 Å². The molecule has 0 bridgehead atoms. The Kier molecular flexibility index (Phi) is 5.13. The Morgan fingerprint density at radius 3 is 2.33 bits per heavy atom. The van der Waals surface area contributed by atoms with E-state index in [1.54, 1.807) is 7.05 Å². The summed E-state index contributed by atoms with van der Waals surface area (Å²) in [5, 5.41) is 2.77. The van der Waals surface area contributed by atoms with Crippen LogP contribution in [0.15, 0.2) is 17.3 Å². The molecule has 1 aromatic rings. The third-order valence-corrected chi connectivity index (χ3v) is 5.54. The molecule has 1 N–H and O–H groups in total. The van der Waals surface area contributed by atoms with Gasteiger partial charge in [0.15, 0.2) is 0 Å². The van der Waals surface area contributed by atoms with Gasteiger partial charge in [-0.15, -0.1) is 0 Å². The smallest absolute Gasteiger partial charge is 0.246 e. The number of rotatable bonds is 5. The van der Waals surface area contributed by atoms with Crippen LogP contribution in [0.4, 0.5) is 5.95 Å². The molecule has 8 heteroatoms. The highest BCUT2D eigenvalue weighted by Crippen LogP contribution is 2.23. The van der Waals surface area contributed by atoms with Crippen LogP contribution < -0.4 is 5.32 Å². The molecule has 0 radical (unpaired) electrons. The molecule has 2 rings (SSSR count). The first kappa shape index (κ1) is 16.1. The van der Waals surface area contributed by atoms with Gasteiger partial charge < -0.3 is 10.2 Å². The number of aromatic nitrogens is 2. The molecule has 2 heterocycles. The molecule has 0 spiro atoms. The van der Waals surface area contributed by atoms with Crippen molar-refractivity contribution >= 4 is 16.0 Å². The number of nitrogens with zero attached hydrogens (tertiary/aromatic N) is 4. The maximum atomic E-state index is 12.5. The van der Waals surface area contributed by atoms with E-state index >= 15 is 0 Å². The summed E-state index contributed by atoms with van der Waals surface area (Å²) in [7, 11) is 2.31. The van der Waals surface area contributed by atoms with Crippen molar-refractivity contribution in [2.24, 2.45) is 5.92 Å². The SMILES string of the molecule is CNc1ncc(S(=O)(=O)N2CCC(CN(C)C)CC2)cn1. The standard InChI is InChI=1S/C13H23N5O2S/c1-14-13-15-8-12(9-16-13)21(19,20)18-6-4-11(5-7-18)10-17(2)3/h8-9,11H,4-7,10H2,1-3H3,(H,14,15,16). The van der Waals surface area contributed by atoms with Crippen molar-refractivity contribution in [2.45, 2.75) is 17.7 Å². The van der Waals surface area contributed by atoms with Crippen molar-refractivity contribution in [1.29, 1.82) is 0 Å². The maximum Gasteiger partial charge on any atom is 0.246 e. The molecule has 7 nitrogen and oxygen atoms in total. The van der Waals surface area contributed by atoms with E-state index in [1.165, 1.54) is 16.7 Å². The zero-order valence-electron chi connectivity index (χ0n) is 12.8. The Morgan fingerprint density at radius 1 is 1.29 bits per heavy atom. The molecule has 118 valence electrons. The highest BCUT2D eigenvalue weighted by Gasteiger charge is 2.30. The fourth-order valence-electron chi connectivity index (χ4n) is 2.58. The lowest BCUT2D eigenvalue weighted by Gasteiger charge is -2.32. The predicted molar refractivity (Wildman–Crippen MR) is 81.6 cm³/mol. The summed E-state index contributed by atoms with van der Waals surface area (Å²) in [6, 6.07) is 0. The van der Waals surface area contributed by atoms with Crippen LogP contribution in [0.2, 0.25) is 0 Å². The number of sulfonamides is 1. The van der Waals surface area contributed by atoms with E-state index in [0.717, 1.165) is 19.4 Å². The fourth-order valence-corrected chi connectivity index (χ4v) is 3.94. The zero-order chi connectivity index (χ0) is 15.5. The van der Waals surface area contributed by atoms with Crippen LogP contribution in [0.5, 0.6) is 0 Å². The first-order valence-electron chi connectivity index (χ1n) is 7.08. The van der Waals surface area contributed by atoms with Crippen molar-refractivity contribution in [3.63, 3.8) is 0 Å². The van der Waals surface area contributed by atoms with Crippen LogP contribution in [0.3, 0.4) is 0 Å². The molecule has 1 saturated heterocycles. The third-order valence-electron chi connectivity index (χ3n) is 3.69. The highest BCUT2D eigenvalue weighted by atomic mass is 32.2. The van der Waals surface area contributed by atoms with Gasteiger partial charge in [-0.3, -0.25) is 0 Å². The second-order valence-electron chi connectivity index (χ2n) is 5.60. The average molecular weight is 313 g/mol. The van der Waals surface area contributed by atoms with Crippen LogP contribution in [-0.2, 0) is 10.0 Å². The molecule has 21 heavy (non-hydrogen) atoms. The molecule has 0 atom stereocenters. The molecule has 1 fully saturated rings. The van der Waals surface area contributed by atoms with E-state index in [0.29, 0.717) is 25.0 Å². The van der Waals surface area contributed by atoms with Crippen LogP contribution in [0.25, 0.3) is 0 Å². The van der Waals surface area contributed by atoms with Crippen LogP contribution >= 0.6 is 0 Å². The molecule has 0 aromatic carbocycles. The van der Waals surface area contributed by atoms with E-state index in [2.05, 4.69) is 20.2 Å². The predicted octanol–water partition coefficient (Wildman–Crippen LogP) is 0.481. The van der Waals surface area contributed by atoms with Gasteiger partial charge in [0.25, 0.3) is 0 Å². The lowest BCUT2D eigenvalue weighted by molar-refractivity contribution is 0.225. The Hall–Kier alpha value is -1.25. The zero-order valence-corrected chi connectivity index (χ0v) is 13.6. The van der Waals surface area contributed by atoms with E-state index in [1.807, 2.05) is 14.1 Å². The minimum Gasteiger partial charge on any atom is -0.357 e. The highest BCUT2D eigenvalue weighted by molar-refractivity contribution is 7.89. The quantitative estimate of drug-likeness (QED) is 0.852. The Labute approximate surface area is 126 Å². The molecular formula is C13H23N5O2S. The van der Waals surface area contributed by atoms with Gasteiger partial charge in [-0.05, 0) is 32.9 Å². The summed E-state index contributed by atoms with van der Waals surface area (Å²) in [6.07, 6.45) is 4.51. The summed E-state index contributed by atoms with van der Waals surface area (Å²) in [4.78, 5) is 10.3. The van der Waals surface area contributed by atoms with Gasteiger partial charge in [-0.2, -0.15) is 4.31 Å². The summed E-state index contributed by atoms with van der Waals surface area (Å²) in [5.41, 5.74) is 0. The number of anilines is 1. The molecule has 1 aliphatic rings. The topological polar surface area (TPSA) is 78.4 Å². The molecule has 0 saturated carbocycles.